The molecule has 3 nitrogen and oxygen atoms in total. The lowest BCUT2D eigenvalue weighted by Crippen LogP contribution is -1.93. The van der Waals surface area contributed by atoms with Gasteiger partial charge in [-0.3, -0.25) is 0 Å². The van der Waals surface area contributed by atoms with Crippen molar-refractivity contribution in [3.63, 3.8) is 0 Å². The molecule has 0 unspecified atom stereocenters. The van der Waals surface area contributed by atoms with Crippen LogP contribution in [0.2, 0.25) is 0 Å². The van der Waals surface area contributed by atoms with E-state index in [1.807, 2.05) is 12.1 Å². The Morgan fingerprint density at radius 2 is 1.32 bits per heavy atom. The van der Waals surface area contributed by atoms with Crippen molar-refractivity contribution in [3.05, 3.63) is 58.7 Å². The first-order valence-electron chi connectivity index (χ1n) is 7.30. The zero-order chi connectivity index (χ0) is 15.5. The molecular formula is C19H20O3. The van der Waals surface area contributed by atoms with Crippen LogP contribution in [0.25, 0.3) is 6.08 Å². The minimum atomic E-state index is 0.798. The maximum Gasteiger partial charge on any atom is 0.161 e. The van der Waals surface area contributed by atoms with Crippen LogP contribution >= 0.6 is 0 Å². The summed E-state index contributed by atoms with van der Waals surface area (Å²) >= 11 is 0. The molecule has 0 aromatic heterocycles. The quantitative estimate of drug-likeness (QED) is 0.856. The highest BCUT2D eigenvalue weighted by molar-refractivity contribution is 5.61. The summed E-state index contributed by atoms with van der Waals surface area (Å²) in [6.07, 6.45) is 4.17. The monoisotopic (exact) mass is 296 g/mol. The number of benzene rings is 2. The van der Waals surface area contributed by atoms with Gasteiger partial charge in [-0.25, -0.2) is 0 Å². The highest BCUT2D eigenvalue weighted by Crippen LogP contribution is 2.37. The number of hydrogen-bond donors (Lipinski definition) is 0. The molecule has 0 N–H and O–H groups in total. The first kappa shape index (κ1) is 14.5. The van der Waals surface area contributed by atoms with Crippen LogP contribution < -0.4 is 14.2 Å². The van der Waals surface area contributed by atoms with Gasteiger partial charge in [0.05, 0.1) is 21.3 Å². The van der Waals surface area contributed by atoms with Crippen LogP contribution in [0.4, 0.5) is 0 Å². The van der Waals surface area contributed by atoms with E-state index in [1.165, 1.54) is 22.3 Å². The van der Waals surface area contributed by atoms with E-state index >= 15 is 0 Å². The lowest BCUT2D eigenvalue weighted by molar-refractivity contribution is 0.354. The smallest absolute Gasteiger partial charge is 0.161 e. The minimum Gasteiger partial charge on any atom is -0.497 e. The molecule has 0 amide bonds. The number of rotatable bonds is 4. The van der Waals surface area contributed by atoms with Crippen molar-refractivity contribution < 1.29 is 14.2 Å². The van der Waals surface area contributed by atoms with Crippen molar-refractivity contribution in [2.75, 3.05) is 21.3 Å². The maximum atomic E-state index is 5.38. The zero-order valence-corrected chi connectivity index (χ0v) is 13.2. The molecule has 114 valence electrons. The molecule has 0 spiro atoms. The van der Waals surface area contributed by atoms with Crippen LogP contribution in [0.5, 0.6) is 17.2 Å². The van der Waals surface area contributed by atoms with E-state index in [9.17, 15) is 0 Å². The van der Waals surface area contributed by atoms with Crippen molar-refractivity contribution in [1.29, 1.82) is 0 Å². The Kier molecular flexibility index (Phi) is 4.05. The van der Waals surface area contributed by atoms with Crippen LogP contribution in [0.15, 0.2) is 42.0 Å². The fourth-order valence-electron chi connectivity index (χ4n) is 2.88. The van der Waals surface area contributed by atoms with E-state index in [1.54, 1.807) is 21.3 Å². The first-order chi connectivity index (χ1) is 10.7. The topological polar surface area (TPSA) is 27.7 Å². The molecule has 22 heavy (non-hydrogen) atoms. The Labute approximate surface area is 131 Å². The lowest BCUT2D eigenvalue weighted by atomic mass is 10.1. The maximum absolute atomic E-state index is 5.38. The van der Waals surface area contributed by atoms with Gasteiger partial charge < -0.3 is 14.2 Å². The van der Waals surface area contributed by atoms with Gasteiger partial charge in [0.2, 0.25) is 0 Å². The fourth-order valence-corrected chi connectivity index (χ4v) is 2.88. The molecule has 0 saturated heterocycles. The predicted molar refractivity (Wildman–Crippen MR) is 87.9 cm³/mol. The molecule has 1 aliphatic rings. The minimum absolute atomic E-state index is 0.798. The second-order valence-electron chi connectivity index (χ2n) is 5.41. The largest absolute Gasteiger partial charge is 0.497 e. The molecule has 3 heteroatoms. The van der Waals surface area contributed by atoms with Gasteiger partial charge in [-0.05, 0) is 53.8 Å². The van der Waals surface area contributed by atoms with Gasteiger partial charge in [0.1, 0.15) is 5.75 Å². The summed E-state index contributed by atoms with van der Waals surface area (Å²) < 4.78 is 16.0. The SMILES string of the molecule is COc1ccc(C=C2Cc3cc(OC)c(OC)cc3C2)cc1. The average Bonchev–Trinajstić information content (AvgIpc) is 2.95. The molecule has 0 saturated carbocycles. The summed E-state index contributed by atoms with van der Waals surface area (Å²) in [5.41, 5.74) is 5.23. The van der Waals surface area contributed by atoms with Crippen molar-refractivity contribution in [2.45, 2.75) is 12.8 Å². The second kappa shape index (κ2) is 6.14. The van der Waals surface area contributed by atoms with Crippen LogP contribution in [-0.2, 0) is 12.8 Å². The van der Waals surface area contributed by atoms with Gasteiger partial charge in [-0.1, -0.05) is 23.8 Å². The second-order valence-corrected chi connectivity index (χ2v) is 5.41. The van der Waals surface area contributed by atoms with Gasteiger partial charge in [0, 0.05) is 0 Å². The third-order valence-corrected chi connectivity index (χ3v) is 4.03. The molecule has 0 fully saturated rings. The number of fused-ring (bicyclic) bond motifs is 1. The Balaban J connectivity index is 1.85. The summed E-state index contributed by atoms with van der Waals surface area (Å²) in [5.74, 6) is 2.48. The standard InChI is InChI=1S/C19H20O3/c1-20-17-6-4-13(5-7-17)8-14-9-15-11-18(21-2)19(22-3)12-16(15)10-14/h4-8,11-12H,9-10H2,1-3H3. The summed E-state index contributed by atoms with van der Waals surface area (Å²) in [4.78, 5) is 0. The summed E-state index contributed by atoms with van der Waals surface area (Å²) in [6, 6.07) is 12.3. The molecule has 2 aromatic carbocycles. The zero-order valence-electron chi connectivity index (χ0n) is 13.2. The van der Waals surface area contributed by atoms with E-state index in [-0.39, 0.29) is 0 Å². The van der Waals surface area contributed by atoms with Crippen LogP contribution in [0.3, 0.4) is 0 Å². The molecule has 0 radical (unpaired) electrons. The third-order valence-electron chi connectivity index (χ3n) is 4.03. The van der Waals surface area contributed by atoms with Crippen molar-refractivity contribution in [1.82, 2.24) is 0 Å². The Morgan fingerprint density at radius 3 is 1.77 bits per heavy atom. The molecule has 0 aliphatic heterocycles. The number of allylic oxidation sites excluding steroid dienone is 1. The van der Waals surface area contributed by atoms with Crippen molar-refractivity contribution in [2.24, 2.45) is 0 Å². The molecule has 0 bridgehead atoms. The molecule has 0 heterocycles. The highest BCUT2D eigenvalue weighted by atomic mass is 16.5. The summed E-state index contributed by atoms with van der Waals surface area (Å²) in [6.45, 7) is 0. The van der Waals surface area contributed by atoms with Gasteiger partial charge >= 0.3 is 0 Å². The van der Waals surface area contributed by atoms with Crippen LogP contribution in [-0.4, -0.2) is 21.3 Å². The van der Waals surface area contributed by atoms with E-state index in [0.717, 1.165) is 30.1 Å². The molecule has 2 aromatic rings. The van der Waals surface area contributed by atoms with Gasteiger partial charge in [0.15, 0.2) is 11.5 Å². The first-order valence-corrected chi connectivity index (χ1v) is 7.30. The molecule has 3 rings (SSSR count). The Bertz CT molecular complexity index is 664. The van der Waals surface area contributed by atoms with Gasteiger partial charge in [-0.2, -0.15) is 0 Å². The van der Waals surface area contributed by atoms with Crippen molar-refractivity contribution in [3.8, 4) is 17.2 Å². The number of ether oxygens (including phenoxy) is 3. The predicted octanol–water partition coefficient (Wildman–Crippen LogP) is 3.89. The molecular weight excluding hydrogens is 276 g/mol. The molecule has 0 atom stereocenters. The Morgan fingerprint density at radius 1 is 0.773 bits per heavy atom. The average molecular weight is 296 g/mol. The van der Waals surface area contributed by atoms with Gasteiger partial charge in [0.25, 0.3) is 0 Å². The third kappa shape index (κ3) is 2.80. The highest BCUT2D eigenvalue weighted by Gasteiger charge is 2.19. The number of methoxy groups -OCH3 is 3. The number of hydrogen-bond acceptors (Lipinski definition) is 3. The van der Waals surface area contributed by atoms with E-state index in [4.69, 9.17) is 14.2 Å². The normalized spacial score (nSPS) is 12.8. The summed E-state index contributed by atoms with van der Waals surface area (Å²) in [5, 5.41) is 0. The van der Waals surface area contributed by atoms with Gasteiger partial charge in [-0.15, -0.1) is 0 Å². The lowest BCUT2D eigenvalue weighted by Gasteiger charge is -2.09. The van der Waals surface area contributed by atoms with Crippen LogP contribution in [0.1, 0.15) is 16.7 Å². The Hall–Kier alpha value is -2.42. The fraction of sp³-hybridized carbons (Fsp3) is 0.263. The molecule has 1 aliphatic carbocycles. The van der Waals surface area contributed by atoms with E-state index < -0.39 is 0 Å². The van der Waals surface area contributed by atoms with Crippen molar-refractivity contribution >= 4 is 6.08 Å². The van der Waals surface area contributed by atoms with Crippen LogP contribution in [0, 0.1) is 0 Å². The summed E-state index contributed by atoms with van der Waals surface area (Å²) in [7, 11) is 5.03. The van der Waals surface area contributed by atoms with E-state index in [2.05, 4.69) is 30.3 Å². The van der Waals surface area contributed by atoms with E-state index in [0.29, 0.717) is 0 Å².